The number of amides is 2. The minimum absolute atomic E-state index is 0.390. The van der Waals surface area contributed by atoms with Crippen LogP contribution in [0.25, 0.3) is 32.6 Å². The van der Waals surface area contributed by atoms with Crippen LogP contribution >= 0.6 is 11.3 Å². The SMILES string of the molecule is Cc1ncnc2ccc(-c3sc(NC(N)=O)nc3-c3cccc(C#N)c3)cc12. The highest BCUT2D eigenvalue weighted by atomic mass is 32.1. The average molecular weight is 386 g/mol. The Morgan fingerprint density at radius 2 is 2.04 bits per heavy atom. The molecule has 0 fully saturated rings. The van der Waals surface area contributed by atoms with E-state index in [9.17, 15) is 10.1 Å². The van der Waals surface area contributed by atoms with Crippen LogP contribution in [0.1, 0.15) is 11.3 Å². The highest BCUT2D eigenvalue weighted by molar-refractivity contribution is 7.19. The van der Waals surface area contributed by atoms with E-state index in [1.807, 2.05) is 31.2 Å². The second-order valence-electron chi connectivity index (χ2n) is 6.07. The Balaban J connectivity index is 1.92. The molecule has 3 N–H and O–H groups in total. The largest absolute Gasteiger partial charge is 0.351 e. The molecule has 136 valence electrons. The molecule has 0 saturated heterocycles. The first-order chi connectivity index (χ1) is 13.5. The highest BCUT2D eigenvalue weighted by Gasteiger charge is 2.17. The quantitative estimate of drug-likeness (QED) is 0.550. The number of nitrogens with one attached hydrogen (secondary N) is 1. The first-order valence-corrected chi connectivity index (χ1v) is 9.16. The van der Waals surface area contributed by atoms with E-state index >= 15 is 0 Å². The Hall–Kier alpha value is -3.83. The number of thiazole rings is 1. The molecule has 0 spiro atoms. The number of carbonyl (C=O) groups excluding carboxylic acids is 1. The Bertz CT molecular complexity index is 1260. The maximum Gasteiger partial charge on any atom is 0.318 e. The normalized spacial score (nSPS) is 10.6. The summed E-state index contributed by atoms with van der Waals surface area (Å²) in [4.78, 5) is 25.2. The molecule has 0 radical (unpaired) electrons. The zero-order valence-corrected chi connectivity index (χ0v) is 15.6. The van der Waals surface area contributed by atoms with E-state index in [4.69, 9.17) is 5.73 Å². The van der Waals surface area contributed by atoms with Crippen LogP contribution in [0.5, 0.6) is 0 Å². The van der Waals surface area contributed by atoms with Gasteiger partial charge in [0.25, 0.3) is 0 Å². The predicted molar refractivity (Wildman–Crippen MR) is 109 cm³/mol. The van der Waals surface area contributed by atoms with Gasteiger partial charge in [-0.05, 0) is 36.8 Å². The van der Waals surface area contributed by atoms with Crippen LogP contribution in [0.15, 0.2) is 48.8 Å². The lowest BCUT2D eigenvalue weighted by atomic mass is 10.0. The number of aryl methyl sites for hydroxylation is 1. The third kappa shape index (κ3) is 3.26. The summed E-state index contributed by atoms with van der Waals surface area (Å²) in [5.41, 5.74) is 9.88. The number of carbonyl (C=O) groups is 1. The first-order valence-electron chi connectivity index (χ1n) is 8.34. The molecule has 4 aromatic rings. The van der Waals surface area contributed by atoms with Crippen molar-refractivity contribution in [1.29, 1.82) is 5.26 Å². The number of fused-ring (bicyclic) bond motifs is 1. The number of anilines is 1. The van der Waals surface area contributed by atoms with Gasteiger partial charge in [-0.2, -0.15) is 5.26 Å². The lowest BCUT2D eigenvalue weighted by Gasteiger charge is -2.06. The Morgan fingerprint density at radius 3 is 2.82 bits per heavy atom. The maximum absolute atomic E-state index is 11.3. The van der Waals surface area contributed by atoms with E-state index in [-0.39, 0.29) is 0 Å². The fourth-order valence-corrected chi connectivity index (χ4v) is 3.92. The van der Waals surface area contributed by atoms with Gasteiger partial charge in [0, 0.05) is 16.6 Å². The number of urea groups is 1. The summed E-state index contributed by atoms with van der Waals surface area (Å²) in [7, 11) is 0. The number of rotatable bonds is 3. The number of benzene rings is 2. The van der Waals surface area contributed by atoms with Crippen LogP contribution < -0.4 is 11.1 Å². The lowest BCUT2D eigenvalue weighted by Crippen LogP contribution is -2.18. The van der Waals surface area contributed by atoms with E-state index in [1.54, 1.807) is 18.2 Å². The van der Waals surface area contributed by atoms with Gasteiger partial charge in [-0.25, -0.2) is 19.7 Å². The molecule has 2 aromatic carbocycles. The smallest absolute Gasteiger partial charge is 0.318 e. The van der Waals surface area contributed by atoms with Crippen LogP contribution in [0.3, 0.4) is 0 Å². The van der Waals surface area contributed by atoms with E-state index in [1.165, 1.54) is 17.7 Å². The zero-order chi connectivity index (χ0) is 19.7. The minimum Gasteiger partial charge on any atom is -0.351 e. The van der Waals surface area contributed by atoms with E-state index in [2.05, 4.69) is 26.3 Å². The molecule has 0 aliphatic heterocycles. The van der Waals surface area contributed by atoms with Crippen LogP contribution in [0, 0.1) is 18.3 Å². The van der Waals surface area contributed by atoms with Crippen LogP contribution in [-0.4, -0.2) is 21.0 Å². The number of nitrogens with zero attached hydrogens (tertiary/aromatic N) is 4. The van der Waals surface area contributed by atoms with Gasteiger partial charge in [0.05, 0.1) is 27.7 Å². The highest BCUT2D eigenvalue weighted by Crippen LogP contribution is 2.40. The molecular formula is C20H14N6OS. The van der Waals surface area contributed by atoms with Crippen molar-refractivity contribution in [2.24, 2.45) is 5.73 Å². The van der Waals surface area contributed by atoms with E-state index in [0.717, 1.165) is 32.6 Å². The third-order valence-corrected chi connectivity index (χ3v) is 5.24. The molecule has 0 unspecified atom stereocenters. The zero-order valence-electron chi connectivity index (χ0n) is 14.8. The summed E-state index contributed by atoms with van der Waals surface area (Å²) in [6.45, 7) is 1.93. The predicted octanol–water partition coefficient (Wildman–Crippen LogP) is 4.09. The van der Waals surface area contributed by atoms with Crippen molar-refractivity contribution in [3.8, 4) is 27.8 Å². The van der Waals surface area contributed by atoms with Gasteiger partial charge >= 0.3 is 6.03 Å². The molecular weight excluding hydrogens is 372 g/mol. The summed E-state index contributed by atoms with van der Waals surface area (Å²) in [6, 6.07) is 14.5. The van der Waals surface area contributed by atoms with Crippen molar-refractivity contribution < 1.29 is 4.79 Å². The van der Waals surface area contributed by atoms with E-state index < -0.39 is 6.03 Å². The van der Waals surface area contributed by atoms with Gasteiger partial charge in [-0.3, -0.25) is 5.32 Å². The van der Waals surface area contributed by atoms with Gasteiger partial charge in [0.2, 0.25) is 0 Å². The fraction of sp³-hybridized carbons (Fsp3) is 0.0500. The summed E-state index contributed by atoms with van der Waals surface area (Å²) in [6.07, 6.45) is 1.54. The number of hydrogen-bond donors (Lipinski definition) is 2. The molecule has 0 atom stereocenters. The molecule has 2 amide bonds. The van der Waals surface area contributed by atoms with Crippen molar-refractivity contribution >= 4 is 33.4 Å². The van der Waals surface area contributed by atoms with E-state index in [0.29, 0.717) is 16.4 Å². The number of nitriles is 1. The molecule has 0 aliphatic carbocycles. The Labute approximate surface area is 164 Å². The number of nitrogens with two attached hydrogens (primary N) is 1. The van der Waals surface area contributed by atoms with Crippen LogP contribution in [-0.2, 0) is 0 Å². The molecule has 0 saturated carbocycles. The lowest BCUT2D eigenvalue weighted by molar-refractivity contribution is 0.259. The van der Waals surface area contributed by atoms with Gasteiger partial charge in [-0.1, -0.05) is 29.5 Å². The Morgan fingerprint density at radius 1 is 1.18 bits per heavy atom. The topological polar surface area (TPSA) is 118 Å². The molecule has 28 heavy (non-hydrogen) atoms. The van der Waals surface area contributed by atoms with Crippen molar-refractivity contribution in [3.05, 3.63) is 60.0 Å². The molecule has 8 heteroatoms. The summed E-state index contributed by atoms with van der Waals surface area (Å²) < 4.78 is 0. The number of aromatic nitrogens is 3. The van der Waals surface area contributed by atoms with Crippen molar-refractivity contribution in [2.45, 2.75) is 6.92 Å². The molecule has 2 heterocycles. The van der Waals surface area contributed by atoms with Gasteiger partial charge in [0.15, 0.2) is 5.13 Å². The standard InChI is InChI=1S/C20H14N6OS/c1-11-15-8-14(5-6-16(15)24-10-23-11)18-17(25-20(28-18)26-19(22)27)13-4-2-3-12(7-13)9-21/h2-8,10H,1H3,(H3,22,25,26,27). The van der Waals surface area contributed by atoms with Crippen molar-refractivity contribution in [3.63, 3.8) is 0 Å². The van der Waals surface area contributed by atoms with Crippen molar-refractivity contribution in [1.82, 2.24) is 15.0 Å². The summed E-state index contributed by atoms with van der Waals surface area (Å²) >= 11 is 1.32. The van der Waals surface area contributed by atoms with Crippen LogP contribution in [0.2, 0.25) is 0 Å². The third-order valence-electron chi connectivity index (χ3n) is 4.22. The average Bonchev–Trinajstić information content (AvgIpc) is 3.11. The molecule has 7 nitrogen and oxygen atoms in total. The second kappa shape index (κ2) is 7.06. The van der Waals surface area contributed by atoms with Crippen molar-refractivity contribution in [2.75, 3.05) is 5.32 Å². The second-order valence-corrected chi connectivity index (χ2v) is 7.07. The monoisotopic (exact) mass is 386 g/mol. The maximum atomic E-state index is 11.3. The Kier molecular flexibility index (Phi) is 4.43. The first kappa shape index (κ1) is 17.6. The number of hydrogen-bond acceptors (Lipinski definition) is 6. The number of primary amides is 1. The van der Waals surface area contributed by atoms with Gasteiger partial charge in [-0.15, -0.1) is 0 Å². The minimum atomic E-state index is -0.680. The van der Waals surface area contributed by atoms with Gasteiger partial charge in [0.1, 0.15) is 6.33 Å². The molecule has 4 rings (SSSR count). The molecule has 2 aromatic heterocycles. The summed E-state index contributed by atoms with van der Waals surface area (Å²) in [5, 5.41) is 13.1. The van der Waals surface area contributed by atoms with Crippen LogP contribution in [0.4, 0.5) is 9.93 Å². The molecule has 0 bridgehead atoms. The molecule has 0 aliphatic rings. The van der Waals surface area contributed by atoms with Gasteiger partial charge < -0.3 is 5.73 Å². The fourth-order valence-electron chi connectivity index (χ4n) is 2.93. The summed E-state index contributed by atoms with van der Waals surface area (Å²) in [5.74, 6) is 0.